The largest absolute Gasteiger partial charge is 0.421 e. The molecule has 3 aliphatic rings. The number of aromatic nitrogens is 2. The Kier molecular flexibility index (Phi) is 6.01. The van der Waals surface area contributed by atoms with E-state index in [0.29, 0.717) is 30.2 Å². The average molecular weight is 391 g/mol. The number of nitrogens with zero attached hydrogens (tertiary/aromatic N) is 4. The van der Waals surface area contributed by atoms with Gasteiger partial charge in [0.1, 0.15) is 6.61 Å². The van der Waals surface area contributed by atoms with Crippen molar-refractivity contribution in [3.05, 3.63) is 11.8 Å². The summed E-state index contributed by atoms with van der Waals surface area (Å²) in [5.74, 6) is 2.24. The van der Waals surface area contributed by atoms with Crippen molar-refractivity contribution in [1.29, 1.82) is 0 Å². The number of carbonyl (C=O) groups is 1. The molecule has 28 heavy (non-hydrogen) atoms. The number of piperidine rings is 1. The van der Waals surface area contributed by atoms with Crippen LogP contribution in [-0.2, 0) is 16.1 Å². The van der Waals surface area contributed by atoms with Crippen molar-refractivity contribution in [2.75, 3.05) is 33.8 Å². The van der Waals surface area contributed by atoms with Gasteiger partial charge in [-0.05, 0) is 50.5 Å². The number of ether oxygens (including phenoxy) is 1. The van der Waals surface area contributed by atoms with Gasteiger partial charge in [0, 0.05) is 33.2 Å². The lowest BCUT2D eigenvalue weighted by molar-refractivity contribution is -0.134. The maximum atomic E-state index is 12.8. The van der Waals surface area contributed by atoms with E-state index >= 15 is 0 Å². The van der Waals surface area contributed by atoms with E-state index < -0.39 is 0 Å². The fourth-order valence-corrected chi connectivity index (χ4v) is 5.49. The van der Waals surface area contributed by atoms with Gasteiger partial charge in [0.2, 0.25) is 17.7 Å². The van der Waals surface area contributed by atoms with Crippen LogP contribution in [0.25, 0.3) is 0 Å². The molecule has 7 heteroatoms. The smallest absolute Gasteiger partial charge is 0.242 e. The van der Waals surface area contributed by atoms with Crippen LogP contribution in [0.1, 0.15) is 75.6 Å². The first-order valence-electron chi connectivity index (χ1n) is 10.9. The van der Waals surface area contributed by atoms with Crippen LogP contribution in [0.2, 0.25) is 0 Å². The molecule has 4 rings (SSSR count). The second kappa shape index (κ2) is 8.49. The monoisotopic (exact) mass is 390 g/mol. The molecule has 2 aliphatic heterocycles. The highest BCUT2D eigenvalue weighted by Crippen LogP contribution is 2.48. The van der Waals surface area contributed by atoms with Gasteiger partial charge >= 0.3 is 0 Å². The fraction of sp³-hybridized carbons (Fsp3) is 0.857. The summed E-state index contributed by atoms with van der Waals surface area (Å²) in [6.07, 6.45) is 10.4. The van der Waals surface area contributed by atoms with Crippen molar-refractivity contribution in [3.8, 4) is 0 Å². The van der Waals surface area contributed by atoms with Gasteiger partial charge in [-0.2, -0.15) is 0 Å². The van der Waals surface area contributed by atoms with Gasteiger partial charge in [-0.3, -0.25) is 9.69 Å². The second-order valence-corrected chi connectivity index (χ2v) is 9.19. The molecule has 0 radical (unpaired) electrons. The SMILES string of the molecule is COCc1nnc(C2CC3(CCN(C(=O)CC4CCCCC4)CC3)CN2C)o1. The third kappa shape index (κ3) is 4.25. The highest BCUT2D eigenvalue weighted by molar-refractivity contribution is 5.76. The molecule has 1 atom stereocenters. The molecule has 7 nitrogen and oxygen atoms in total. The van der Waals surface area contributed by atoms with E-state index in [9.17, 15) is 4.79 Å². The summed E-state index contributed by atoms with van der Waals surface area (Å²) in [7, 11) is 3.77. The van der Waals surface area contributed by atoms with E-state index in [0.717, 1.165) is 45.3 Å². The number of amides is 1. The molecular weight excluding hydrogens is 356 g/mol. The summed E-state index contributed by atoms with van der Waals surface area (Å²) >= 11 is 0. The third-order valence-corrected chi connectivity index (χ3v) is 7.14. The van der Waals surface area contributed by atoms with Crippen LogP contribution in [0.3, 0.4) is 0 Å². The lowest BCUT2D eigenvalue weighted by Gasteiger charge is -2.39. The molecule has 3 fully saturated rings. The molecule has 0 aromatic carbocycles. The molecule has 3 heterocycles. The van der Waals surface area contributed by atoms with Crippen LogP contribution in [0.5, 0.6) is 0 Å². The summed E-state index contributed by atoms with van der Waals surface area (Å²) in [6, 6.07) is 0.169. The predicted octanol–water partition coefficient (Wildman–Crippen LogP) is 3.17. The first-order chi connectivity index (χ1) is 13.6. The van der Waals surface area contributed by atoms with Gasteiger partial charge in [0.15, 0.2) is 0 Å². The van der Waals surface area contributed by atoms with Gasteiger partial charge in [-0.25, -0.2) is 0 Å². The van der Waals surface area contributed by atoms with Gasteiger partial charge in [0.05, 0.1) is 6.04 Å². The normalized spacial score (nSPS) is 26.2. The average Bonchev–Trinajstić information content (AvgIpc) is 3.28. The molecule has 156 valence electrons. The molecule has 1 amide bonds. The Morgan fingerprint density at radius 3 is 2.68 bits per heavy atom. The zero-order chi connectivity index (χ0) is 19.6. The van der Waals surface area contributed by atoms with E-state index in [1.165, 1.54) is 32.1 Å². The summed E-state index contributed by atoms with van der Waals surface area (Å²) < 4.78 is 10.9. The fourth-order valence-electron chi connectivity index (χ4n) is 5.49. The molecule has 1 saturated carbocycles. The van der Waals surface area contributed by atoms with Crippen molar-refractivity contribution in [2.45, 2.75) is 70.4 Å². The lowest BCUT2D eigenvalue weighted by atomic mass is 9.76. The number of hydrogen-bond donors (Lipinski definition) is 0. The number of methoxy groups -OCH3 is 1. The number of likely N-dealkylation sites (tertiary alicyclic amines) is 2. The Hall–Kier alpha value is -1.47. The topological polar surface area (TPSA) is 71.7 Å². The van der Waals surface area contributed by atoms with Crippen molar-refractivity contribution >= 4 is 5.91 Å². The minimum Gasteiger partial charge on any atom is -0.421 e. The minimum absolute atomic E-state index is 0.169. The van der Waals surface area contributed by atoms with Crippen LogP contribution in [0.4, 0.5) is 0 Å². The van der Waals surface area contributed by atoms with Crippen LogP contribution < -0.4 is 0 Å². The number of hydrogen-bond acceptors (Lipinski definition) is 6. The van der Waals surface area contributed by atoms with E-state index in [2.05, 4.69) is 27.0 Å². The lowest BCUT2D eigenvalue weighted by Crippen LogP contribution is -2.44. The predicted molar refractivity (Wildman–Crippen MR) is 104 cm³/mol. The molecule has 2 saturated heterocycles. The number of rotatable bonds is 5. The van der Waals surface area contributed by atoms with E-state index in [1.54, 1.807) is 7.11 Å². The highest BCUT2D eigenvalue weighted by atomic mass is 16.5. The van der Waals surface area contributed by atoms with Crippen LogP contribution >= 0.6 is 0 Å². The summed E-state index contributed by atoms with van der Waals surface area (Å²) in [6.45, 7) is 3.17. The molecule has 1 spiro atoms. The molecule has 1 aromatic heterocycles. The summed E-state index contributed by atoms with van der Waals surface area (Å²) in [5, 5.41) is 8.34. The Balaban J connectivity index is 1.31. The highest BCUT2D eigenvalue weighted by Gasteiger charge is 2.47. The van der Waals surface area contributed by atoms with Crippen LogP contribution in [-0.4, -0.2) is 59.7 Å². The maximum Gasteiger partial charge on any atom is 0.242 e. The number of carbonyl (C=O) groups excluding carboxylic acids is 1. The Labute approximate surface area is 167 Å². The molecule has 1 unspecified atom stereocenters. The van der Waals surface area contributed by atoms with E-state index in [4.69, 9.17) is 9.15 Å². The Bertz CT molecular complexity index is 662. The minimum atomic E-state index is 0.169. The molecule has 0 bridgehead atoms. The van der Waals surface area contributed by atoms with Gasteiger partial charge in [-0.1, -0.05) is 19.3 Å². The molecular formula is C21H34N4O3. The zero-order valence-corrected chi connectivity index (χ0v) is 17.4. The third-order valence-electron chi connectivity index (χ3n) is 7.14. The van der Waals surface area contributed by atoms with Gasteiger partial charge < -0.3 is 14.1 Å². The zero-order valence-electron chi connectivity index (χ0n) is 17.4. The summed E-state index contributed by atoms with van der Waals surface area (Å²) in [4.78, 5) is 17.2. The standard InChI is InChI=1S/C21H34N4O3/c1-24-15-21(13-17(24)20-23-22-18(28-20)14-27-2)8-10-25(11-9-21)19(26)12-16-6-4-3-5-7-16/h16-17H,3-15H2,1-2H3. The van der Waals surface area contributed by atoms with Crippen molar-refractivity contribution in [1.82, 2.24) is 20.0 Å². The Morgan fingerprint density at radius 1 is 1.21 bits per heavy atom. The second-order valence-electron chi connectivity index (χ2n) is 9.19. The van der Waals surface area contributed by atoms with Crippen LogP contribution in [0, 0.1) is 11.3 Å². The molecule has 0 N–H and O–H groups in total. The van der Waals surface area contributed by atoms with Crippen molar-refractivity contribution in [3.63, 3.8) is 0 Å². The quantitative estimate of drug-likeness (QED) is 0.769. The maximum absolute atomic E-state index is 12.8. The van der Waals surface area contributed by atoms with Crippen molar-refractivity contribution in [2.24, 2.45) is 11.3 Å². The Morgan fingerprint density at radius 2 is 1.96 bits per heavy atom. The molecule has 1 aromatic rings. The van der Waals surface area contributed by atoms with Crippen LogP contribution in [0.15, 0.2) is 4.42 Å². The molecule has 1 aliphatic carbocycles. The first kappa shape index (κ1) is 19.8. The van der Waals surface area contributed by atoms with Crippen molar-refractivity contribution < 1.29 is 13.9 Å². The first-order valence-corrected chi connectivity index (χ1v) is 10.9. The van der Waals surface area contributed by atoms with E-state index in [-0.39, 0.29) is 11.5 Å². The van der Waals surface area contributed by atoms with Gasteiger partial charge in [-0.15, -0.1) is 10.2 Å². The van der Waals surface area contributed by atoms with Gasteiger partial charge in [0.25, 0.3) is 0 Å². The van der Waals surface area contributed by atoms with E-state index in [1.807, 2.05) is 0 Å². The summed E-state index contributed by atoms with van der Waals surface area (Å²) in [5.41, 5.74) is 0.261.